The normalized spacial score (nSPS) is 15.1. The van der Waals surface area contributed by atoms with E-state index in [1.54, 1.807) is 35.9 Å². The zero-order valence-corrected chi connectivity index (χ0v) is 20.3. The first-order chi connectivity index (χ1) is 16.6. The van der Waals surface area contributed by atoms with E-state index in [0.29, 0.717) is 17.3 Å². The smallest absolute Gasteiger partial charge is 0.188 e. The largest absolute Gasteiger partial charge is 0.453 e. The van der Waals surface area contributed by atoms with Crippen LogP contribution in [-0.2, 0) is 5.41 Å². The standard InChI is InChI=1S/C25H24FN5OS2/c1-25(9-12-27-13-10-25)21-16-33-24(30-21)31-23-20(32-18-7-5-17(26)6-8-18)14-19(15-29-23)34-22-4-2-3-11-28-22/h2-8,11,14-16,27H,9-10,12-13H2,1H3,(H,29,30,31). The Morgan fingerprint density at radius 2 is 1.94 bits per heavy atom. The molecule has 1 fully saturated rings. The SMILES string of the molecule is CC1(c2csc(Nc3ncc(Sc4ccccn4)cc3Oc3ccc(F)cc3)n2)CCNCC1. The van der Waals surface area contributed by atoms with Crippen molar-refractivity contribution in [2.45, 2.75) is 35.1 Å². The Morgan fingerprint density at radius 3 is 2.71 bits per heavy atom. The minimum Gasteiger partial charge on any atom is -0.453 e. The van der Waals surface area contributed by atoms with Crippen molar-refractivity contribution in [1.82, 2.24) is 20.3 Å². The number of nitrogens with one attached hydrogen (secondary N) is 2. The summed E-state index contributed by atoms with van der Waals surface area (Å²) in [7, 11) is 0. The molecule has 2 N–H and O–H groups in total. The summed E-state index contributed by atoms with van der Waals surface area (Å²) < 4.78 is 19.5. The Bertz CT molecular complexity index is 1240. The van der Waals surface area contributed by atoms with Gasteiger partial charge in [-0.05, 0) is 62.3 Å². The summed E-state index contributed by atoms with van der Waals surface area (Å²) in [5.74, 6) is 1.28. The zero-order chi connectivity index (χ0) is 23.4. The molecule has 0 atom stereocenters. The maximum atomic E-state index is 13.4. The Hall–Kier alpha value is -3.01. The number of piperidine rings is 1. The number of anilines is 2. The van der Waals surface area contributed by atoms with Crippen molar-refractivity contribution in [3.8, 4) is 11.5 Å². The lowest BCUT2D eigenvalue weighted by Crippen LogP contribution is -2.37. The highest BCUT2D eigenvalue weighted by Gasteiger charge is 2.31. The number of nitrogens with zero attached hydrogens (tertiary/aromatic N) is 3. The summed E-state index contributed by atoms with van der Waals surface area (Å²) in [5, 5.41) is 10.5. The first-order valence-corrected chi connectivity index (χ1v) is 12.7. The molecule has 1 aromatic carbocycles. The average molecular weight is 494 g/mol. The number of benzene rings is 1. The molecule has 174 valence electrons. The molecule has 1 saturated heterocycles. The lowest BCUT2D eigenvalue weighted by Gasteiger charge is -2.32. The number of pyridine rings is 2. The highest BCUT2D eigenvalue weighted by Crippen LogP contribution is 2.38. The van der Waals surface area contributed by atoms with Gasteiger partial charge in [0.05, 0.1) is 5.69 Å². The van der Waals surface area contributed by atoms with E-state index in [1.165, 1.54) is 23.9 Å². The van der Waals surface area contributed by atoms with Crippen molar-refractivity contribution in [3.63, 3.8) is 0 Å². The molecule has 9 heteroatoms. The first kappa shape index (κ1) is 22.8. The van der Waals surface area contributed by atoms with Crippen LogP contribution in [0.3, 0.4) is 0 Å². The minimum atomic E-state index is -0.315. The van der Waals surface area contributed by atoms with Gasteiger partial charge in [-0.25, -0.2) is 19.3 Å². The highest BCUT2D eigenvalue weighted by atomic mass is 32.2. The topological polar surface area (TPSA) is 72.0 Å². The Labute approximate surface area is 206 Å². The van der Waals surface area contributed by atoms with E-state index in [9.17, 15) is 4.39 Å². The molecule has 5 rings (SSSR count). The van der Waals surface area contributed by atoms with Gasteiger partial charge < -0.3 is 15.4 Å². The molecule has 1 aliphatic rings. The van der Waals surface area contributed by atoms with Crippen LogP contribution in [0.25, 0.3) is 0 Å². The summed E-state index contributed by atoms with van der Waals surface area (Å²) in [5.41, 5.74) is 1.18. The number of rotatable bonds is 7. The van der Waals surface area contributed by atoms with Gasteiger partial charge in [-0.1, -0.05) is 24.8 Å². The molecule has 6 nitrogen and oxygen atoms in total. The third kappa shape index (κ3) is 5.38. The molecule has 0 bridgehead atoms. The van der Waals surface area contributed by atoms with Gasteiger partial charge in [-0.2, -0.15) is 0 Å². The van der Waals surface area contributed by atoms with E-state index in [0.717, 1.165) is 46.7 Å². The maximum absolute atomic E-state index is 13.4. The van der Waals surface area contributed by atoms with Gasteiger partial charge in [0.2, 0.25) is 0 Å². The lowest BCUT2D eigenvalue weighted by molar-refractivity contribution is 0.329. The molecule has 4 aromatic rings. The molecule has 3 aromatic heterocycles. The van der Waals surface area contributed by atoms with Gasteiger partial charge in [0, 0.05) is 34.2 Å². The first-order valence-electron chi connectivity index (χ1n) is 11.0. The number of thiazole rings is 1. The molecule has 0 spiro atoms. The number of hydrogen-bond acceptors (Lipinski definition) is 8. The average Bonchev–Trinajstić information content (AvgIpc) is 3.33. The van der Waals surface area contributed by atoms with Crippen LogP contribution in [0.5, 0.6) is 11.5 Å². The van der Waals surface area contributed by atoms with Crippen LogP contribution in [0.2, 0.25) is 0 Å². The molecular formula is C25H24FN5OS2. The third-order valence-electron chi connectivity index (χ3n) is 5.78. The second kappa shape index (κ2) is 10.1. The molecule has 1 aliphatic heterocycles. The van der Waals surface area contributed by atoms with E-state index in [1.807, 2.05) is 24.3 Å². The molecule has 0 amide bonds. The van der Waals surface area contributed by atoms with Crippen molar-refractivity contribution in [2.24, 2.45) is 0 Å². The van der Waals surface area contributed by atoms with Crippen LogP contribution in [0.4, 0.5) is 15.3 Å². The Balaban J connectivity index is 1.41. The van der Waals surface area contributed by atoms with E-state index in [2.05, 4.69) is 32.9 Å². The minimum absolute atomic E-state index is 0.0751. The van der Waals surface area contributed by atoms with Crippen LogP contribution >= 0.6 is 23.1 Å². The summed E-state index contributed by atoms with van der Waals surface area (Å²) in [6, 6.07) is 13.6. The molecular weight excluding hydrogens is 469 g/mol. The van der Waals surface area contributed by atoms with Crippen molar-refractivity contribution in [3.05, 3.63) is 77.8 Å². The molecule has 0 aliphatic carbocycles. The van der Waals surface area contributed by atoms with Crippen LogP contribution in [-0.4, -0.2) is 28.0 Å². The van der Waals surface area contributed by atoms with Gasteiger partial charge in [0.1, 0.15) is 16.6 Å². The van der Waals surface area contributed by atoms with E-state index < -0.39 is 0 Å². The fraction of sp³-hybridized carbons (Fsp3) is 0.240. The fourth-order valence-electron chi connectivity index (χ4n) is 3.76. The van der Waals surface area contributed by atoms with Crippen LogP contribution < -0.4 is 15.4 Å². The number of halogens is 1. The van der Waals surface area contributed by atoms with Gasteiger partial charge in [0.25, 0.3) is 0 Å². The molecule has 0 radical (unpaired) electrons. The van der Waals surface area contributed by atoms with Crippen LogP contribution in [0.15, 0.2) is 76.2 Å². The summed E-state index contributed by atoms with van der Waals surface area (Å²) in [6.07, 6.45) is 5.66. The molecule has 0 unspecified atom stereocenters. The lowest BCUT2D eigenvalue weighted by atomic mass is 9.79. The number of hydrogen-bond donors (Lipinski definition) is 2. The Kier molecular flexibility index (Phi) is 6.75. The van der Waals surface area contributed by atoms with E-state index in [-0.39, 0.29) is 11.2 Å². The number of ether oxygens (including phenoxy) is 1. The van der Waals surface area contributed by atoms with Gasteiger partial charge in [-0.3, -0.25) is 0 Å². The second-order valence-corrected chi connectivity index (χ2v) is 10.3. The predicted octanol–water partition coefficient (Wildman–Crippen LogP) is 6.40. The van der Waals surface area contributed by atoms with Gasteiger partial charge in [0.15, 0.2) is 16.7 Å². The zero-order valence-electron chi connectivity index (χ0n) is 18.6. The number of aromatic nitrogens is 3. The van der Waals surface area contributed by atoms with Crippen molar-refractivity contribution >= 4 is 34.0 Å². The van der Waals surface area contributed by atoms with Gasteiger partial charge in [-0.15, -0.1) is 11.3 Å². The third-order valence-corrected chi connectivity index (χ3v) is 7.45. The summed E-state index contributed by atoms with van der Waals surface area (Å²) >= 11 is 3.05. The summed E-state index contributed by atoms with van der Waals surface area (Å²) in [4.78, 5) is 14.7. The van der Waals surface area contributed by atoms with Gasteiger partial charge >= 0.3 is 0 Å². The predicted molar refractivity (Wildman–Crippen MR) is 134 cm³/mol. The summed E-state index contributed by atoms with van der Waals surface area (Å²) in [6.45, 7) is 4.28. The highest BCUT2D eigenvalue weighted by molar-refractivity contribution is 7.99. The van der Waals surface area contributed by atoms with Crippen molar-refractivity contribution in [1.29, 1.82) is 0 Å². The van der Waals surface area contributed by atoms with Crippen molar-refractivity contribution < 1.29 is 9.13 Å². The molecule has 34 heavy (non-hydrogen) atoms. The Morgan fingerprint density at radius 1 is 1.12 bits per heavy atom. The quantitative estimate of drug-likeness (QED) is 0.309. The maximum Gasteiger partial charge on any atom is 0.188 e. The van der Waals surface area contributed by atoms with Crippen LogP contribution in [0, 0.1) is 5.82 Å². The molecule has 0 saturated carbocycles. The monoisotopic (exact) mass is 493 g/mol. The molecule has 4 heterocycles. The van der Waals surface area contributed by atoms with E-state index in [4.69, 9.17) is 9.72 Å². The van der Waals surface area contributed by atoms with Crippen LogP contribution in [0.1, 0.15) is 25.5 Å². The van der Waals surface area contributed by atoms with Crippen molar-refractivity contribution in [2.75, 3.05) is 18.4 Å². The van der Waals surface area contributed by atoms with E-state index >= 15 is 0 Å². The second-order valence-electron chi connectivity index (χ2n) is 8.32. The fourth-order valence-corrected chi connectivity index (χ4v) is 5.40.